The maximum atomic E-state index is 12.1. The van der Waals surface area contributed by atoms with Crippen molar-refractivity contribution in [2.75, 3.05) is 0 Å². The Morgan fingerprint density at radius 2 is 1.89 bits per heavy atom. The Balaban J connectivity index is 2.10. The van der Waals surface area contributed by atoms with Crippen molar-refractivity contribution in [3.63, 3.8) is 0 Å². The monoisotopic (exact) mass is 401 g/mol. The van der Waals surface area contributed by atoms with E-state index in [0.717, 1.165) is 14.5 Å². The Morgan fingerprint density at radius 3 is 2.63 bits per heavy atom. The summed E-state index contributed by atoms with van der Waals surface area (Å²) in [4.78, 5) is 12.1. The van der Waals surface area contributed by atoms with Crippen LogP contribution < -0.4 is 5.32 Å². The molecule has 0 saturated carbocycles. The van der Waals surface area contributed by atoms with Gasteiger partial charge in [-0.05, 0) is 29.8 Å². The smallest absolute Gasteiger partial charge is 0.253 e. The van der Waals surface area contributed by atoms with E-state index in [0.29, 0.717) is 17.1 Å². The molecule has 0 fully saturated rings. The van der Waals surface area contributed by atoms with Gasteiger partial charge in [-0.2, -0.15) is 0 Å². The molecule has 0 unspecified atom stereocenters. The highest BCUT2D eigenvalue weighted by molar-refractivity contribution is 9.10. The van der Waals surface area contributed by atoms with Crippen LogP contribution in [0.3, 0.4) is 0 Å². The second-order valence-electron chi connectivity index (χ2n) is 3.90. The lowest BCUT2D eigenvalue weighted by Gasteiger charge is -2.08. The average Bonchev–Trinajstić information content (AvgIpc) is 2.40. The lowest BCUT2D eigenvalue weighted by Crippen LogP contribution is -2.23. The van der Waals surface area contributed by atoms with Crippen molar-refractivity contribution in [3.8, 4) is 0 Å². The lowest BCUT2D eigenvalue weighted by molar-refractivity contribution is 0.0951. The zero-order valence-electron chi connectivity index (χ0n) is 9.79. The van der Waals surface area contributed by atoms with Crippen molar-refractivity contribution < 1.29 is 4.79 Å². The Kier molecular flexibility index (Phi) is 5.02. The van der Waals surface area contributed by atoms with Gasteiger partial charge < -0.3 is 5.32 Å². The van der Waals surface area contributed by atoms with Crippen LogP contribution in [-0.4, -0.2) is 5.91 Å². The van der Waals surface area contributed by atoms with E-state index in [2.05, 4.69) is 37.2 Å². The minimum absolute atomic E-state index is 0.193. The van der Waals surface area contributed by atoms with E-state index in [9.17, 15) is 4.79 Å². The number of amides is 1. The van der Waals surface area contributed by atoms with Gasteiger partial charge >= 0.3 is 0 Å². The topological polar surface area (TPSA) is 29.1 Å². The minimum atomic E-state index is -0.193. The van der Waals surface area contributed by atoms with E-state index in [4.69, 9.17) is 11.6 Å². The molecule has 1 amide bonds. The molecule has 2 aromatic rings. The summed E-state index contributed by atoms with van der Waals surface area (Å²) in [6.45, 7) is 0.448. The predicted molar refractivity (Wildman–Crippen MR) is 84.5 cm³/mol. The van der Waals surface area contributed by atoms with E-state index < -0.39 is 0 Å². The molecule has 2 rings (SSSR count). The number of benzene rings is 2. The molecule has 98 valence electrons. The summed E-state index contributed by atoms with van der Waals surface area (Å²) >= 11 is 12.8. The number of hydrogen-bond donors (Lipinski definition) is 1. The van der Waals surface area contributed by atoms with E-state index in [1.54, 1.807) is 18.2 Å². The van der Waals surface area contributed by atoms with E-state index >= 15 is 0 Å². The Morgan fingerprint density at radius 1 is 1.16 bits per heavy atom. The summed E-state index contributed by atoms with van der Waals surface area (Å²) in [7, 11) is 0. The third-order valence-corrected chi connectivity index (χ3v) is 4.17. The molecule has 0 radical (unpaired) electrons. The second-order valence-corrected chi connectivity index (χ2v) is 6.08. The Labute approximate surface area is 133 Å². The molecule has 2 nitrogen and oxygen atoms in total. The van der Waals surface area contributed by atoms with Crippen molar-refractivity contribution in [1.82, 2.24) is 5.32 Å². The van der Waals surface area contributed by atoms with Crippen LogP contribution in [0.15, 0.2) is 51.4 Å². The van der Waals surface area contributed by atoms with Crippen LogP contribution >= 0.6 is 43.5 Å². The molecule has 0 aliphatic rings. The first-order valence-corrected chi connectivity index (χ1v) is 7.51. The molecule has 0 spiro atoms. The summed E-state index contributed by atoms with van der Waals surface area (Å²) in [6.07, 6.45) is 0. The summed E-state index contributed by atoms with van der Waals surface area (Å²) in [5, 5.41) is 3.29. The van der Waals surface area contributed by atoms with Gasteiger partial charge in [0.25, 0.3) is 5.91 Å². The largest absolute Gasteiger partial charge is 0.348 e. The summed E-state index contributed by atoms with van der Waals surface area (Å²) < 4.78 is 1.79. The maximum Gasteiger partial charge on any atom is 0.253 e. The van der Waals surface area contributed by atoms with Crippen molar-refractivity contribution >= 4 is 49.4 Å². The van der Waals surface area contributed by atoms with Gasteiger partial charge in [0.1, 0.15) is 0 Å². The quantitative estimate of drug-likeness (QED) is 0.784. The Hall–Kier alpha value is -0.840. The third-order valence-electron chi connectivity index (χ3n) is 2.57. The standard InChI is InChI=1S/C14H10Br2ClNO/c15-10-5-6-13(17)11(7-10)14(19)18-8-9-3-1-2-4-12(9)16/h1-7H,8H2,(H,18,19). The van der Waals surface area contributed by atoms with Gasteiger partial charge in [-0.1, -0.05) is 61.7 Å². The molecule has 19 heavy (non-hydrogen) atoms. The predicted octanol–water partition coefficient (Wildman–Crippen LogP) is 4.80. The van der Waals surface area contributed by atoms with Gasteiger partial charge in [0.2, 0.25) is 0 Å². The number of halogens is 3. The fraction of sp³-hybridized carbons (Fsp3) is 0.0714. The Bertz CT molecular complexity index is 616. The minimum Gasteiger partial charge on any atom is -0.348 e. The first kappa shape index (κ1) is 14.6. The molecule has 0 atom stereocenters. The number of nitrogens with one attached hydrogen (secondary N) is 1. The first-order valence-electron chi connectivity index (χ1n) is 5.54. The zero-order chi connectivity index (χ0) is 13.8. The van der Waals surface area contributed by atoms with E-state index in [-0.39, 0.29) is 5.91 Å². The summed E-state index contributed by atoms with van der Waals surface area (Å²) in [6, 6.07) is 12.9. The number of carbonyl (C=O) groups excluding carboxylic acids is 1. The van der Waals surface area contributed by atoms with E-state index in [1.165, 1.54) is 0 Å². The molecule has 2 aromatic carbocycles. The molecule has 0 aliphatic heterocycles. The fourth-order valence-corrected chi connectivity index (χ4v) is 2.57. The lowest BCUT2D eigenvalue weighted by atomic mass is 10.2. The number of carbonyl (C=O) groups is 1. The molecular weight excluding hydrogens is 393 g/mol. The van der Waals surface area contributed by atoms with Crippen LogP contribution in [0.1, 0.15) is 15.9 Å². The molecule has 0 aliphatic carbocycles. The highest BCUT2D eigenvalue weighted by atomic mass is 79.9. The van der Waals surface area contributed by atoms with Gasteiger partial charge in [-0.15, -0.1) is 0 Å². The van der Waals surface area contributed by atoms with Crippen LogP contribution in [0.4, 0.5) is 0 Å². The van der Waals surface area contributed by atoms with Gasteiger partial charge in [0, 0.05) is 15.5 Å². The zero-order valence-corrected chi connectivity index (χ0v) is 13.7. The molecular formula is C14H10Br2ClNO. The van der Waals surface area contributed by atoms with Crippen molar-refractivity contribution in [1.29, 1.82) is 0 Å². The first-order chi connectivity index (χ1) is 9.08. The highest BCUT2D eigenvalue weighted by Gasteiger charge is 2.11. The van der Waals surface area contributed by atoms with Gasteiger partial charge in [0.15, 0.2) is 0 Å². The molecule has 0 heterocycles. The number of rotatable bonds is 3. The normalized spacial score (nSPS) is 10.3. The molecule has 0 saturated heterocycles. The second kappa shape index (κ2) is 6.55. The summed E-state index contributed by atoms with van der Waals surface area (Å²) in [5.41, 5.74) is 1.48. The third kappa shape index (κ3) is 3.81. The molecule has 0 aromatic heterocycles. The fourth-order valence-electron chi connectivity index (χ4n) is 1.58. The van der Waals surface area contributed by atoms with Crippen LogP contribution in [0.25, 0.3) is 0 Å². The maximum absolute atomic E-state index is 12.1. The van der Waals surface area contributed by atoms with E-state index in [1.807, 2.05) is 24.3 Å². The van der Waals surface area contributed by atoms with Crippen molar-refractivity contribution in [3.05, 3.63) is 67.6 Å². The number of hydrogen-bond acceptors (Lipinski definition) is 1. The molecule has 0 bridgehead atoms. The van der Waals surface area contributed by atoms with Crippen molar-refractivity contribution in [2.45, 2.75) is 6.54 Å². The van der Waals surface area contributed by atoms with Crippen LogP contribution in [-0.2, 0) is 6.54 Å². The van der Waals surface area contributed by atoms with Crippen molar-refractivity contribution in [2.24, 2.45) is 0 Å². The van der Waals surface area contributed by atoms with Crippen LogP contribution in [0, 0.1) is 0 Å². The molecule has 5 heteroatoms. The molecule has 1 N–H and O–H groups in total. The van der Waals surface area contributed by atoms with Gasteiger partial charge in [0.05, 0.1) is 10.6 Å². The highest BCUT2D eigenvalue weighted by Crippen LogP contribution is 2.21. The van der Waals surface area contributed by atoms with Crippen LogP contribution in [0.5, 0.6) is 0 Å². The SMILES string of the molecule is O=C(NCc1ccccc1Br)c1cc(Br)ccc1Cl. The van der Waals surface area contributed by atoms with Gasteiger partial charge in [-0.25, -0.2) is 0 Å². The van der Waals surface area contributed by atoms with Gasteiger partial charge in [-0.3, -0.25) is 4.79 Å². The van der Waals surface area contributed by atoms with Crippen LogP contribution in [0.2, 0.25) is 5.02 Å². The average molecular weight is 404 g/mol. The summed E-state index contributed by atoms with van der Waals surface area (Å²) in [5.74, 6) is -0.193.